The molecule has 170 valence electrons. The molecule has 0 unspecified atom stereocenters. The van der Waals surface area contributed by atoms with Crippen molar-refractivity contribution in [3.63, 3.8) is 0 Å². The predicted octanol–water partition coefficient (Wildman–Crippen LogP) is 3.52. The summed E-state index contributed by atoms with van der Waals surface area (Å²) < 4.78 is 7.26. The lowest BCUT2D eigenvalue weighted by atomic mass is 9.87. The number of aromatic nitrogens is 1. The Kier molecular flexibility index (Phi) is 6.58. The fraction of sp³-hybridized carbons (Fsp3) is 0.269. The van der Waals surface area contributed by atoms with Crippen LogP contribution in [-0.4, -0.2) is 22.9 Å². The SMILES string of the molecule is C=CCNC(=O)c1cn(Cc2ccc(C)o2)cc(C(=O)N[C@@H]2CCCc3ccccc32)c1=O. The molecule has 2 N–H and O–H groups in total. The molecule has 33 heavy (non-hydrogen) atoms. The van der Waals surface area contributed by atoms with E-state index in [4.69, 9.17) is 4.42 Å². The van der Waals surface area contributed by atoms with Gasteiger partial charge in [0, 0.05) is 18.9 Å². The van der Waals surface area contributed by atoms with E-state index in [0.29, 0.717) is 5.76 Å². The van der Waals surface area contributed by atoms with Crippen molar-refractivity contribution < 1.29 is 14.0 Å². The van der Waals surface area contributed by atoms with E-state index in [0.717, 1.165) is 30.6 Å². The Morgan fingerprint density at radius 3 is 2.64 bits per heavy atom. The van der Waals surface area contributed by atoms with Crippen LogP contribution in [0.3, 0.4) is 0 Å². The van der Waals surface area contributed by atoms with Crippen molar-refractivity contribution in [3.05, 3.63) is 105 Å². The highest BCUT2D eigenvalue weighted by Gasteiger charge is 2.25. The monoisotopic (exact) mass is 445 g/mol. The number of carbonyl (C=O) groups excluding carboxylic acids is 2. The molecule has 0 fully saturated rings. The van der Waals surface area contributed by atoms with Crippen LogP contribution in [-0.2, 0) is 13.0 Å². The first-order valence-electron chi connectivity index (χ1n) is 11.0. The molecular formula is C26H27N3O4. The number of rotatable bonds is 7. The van der Waals surface area contributed by atoms with E-state index in [1.165, 1.54) is 24.0 Å². The third-order valence-electron chi connectivity index (χ3n) is 5.78. The molecule has 2 heterocycles. The molecule has 2 aromatic heterocycles. The number of furan rings is 1. The highest BCUT2D eigenvalue weighted by Crippen LogP contribution is 2.29. The Bertz CT molecular complexity index is 1250. The molecule has 1 atom stereocenters. The second-order valence-electron chi connectivity index (χ2n) is 8.22. The lowest BCUT2D eigenvalue weighted by Crippen LogP contribution is -2.37. The lowest BCUT2D eigenvalue weighted by Gasteiger charge is -2.26. The van der Waals surface area contributed by atoms with Crippen molar-refractivity contribution in [1.82, 2.24) is 15.2 Å². The maximum absolute atomic E-state index is 13.2. The van der Waals surface area contributed by atoms with E-state index in [9.17, 15) is 14.4 Å². The summed E-state index contributed by atoms with van der Waals surface area (Å²) in [5.74, 6) is 0.358. The second-order valence-corrected chi connectivity index (χ2v) is 8.22. The number of hydrogen-bond acceptors (Lipinski definition) is 4. The normalized spacial score (nSPS) is 14.9. The van der Waals surface area contributed by atoms with Crippen LogP contribution in [0.4, 0.5) is 0 Å². The smallest absolute Gasteiger partial charge is 0.257 e. The fourth-order valence-corrected chi connectivity index (χ4v) is 4.20. The minimum Gasteiger partial charge on any atom is -0.464 e. The number of hydrogen-bond donors (Lipinski definition) is 2. The van der Waals surface area contributed by atoms with Crippen molar-refractivity contribution >= 4 is 11.8 Å². The Morgan fingerprint density at radius 1 is 1.15 bits per heavy atom. The first-order valence-corrected chi connectivity index (χ1v) is 11.0. The highest BCUT2D eigenvalue weighted by molar-refractivity contribution is 5.99. The number of aryl methyl sites for hydroxylation is 2. The van der Waals surface area contributed by atoms with Gasteiger partial charge in [-0.25, -0.2) is 0 Å². The molecule has 1 aromatic carbocycles. The molecule has 0 saturated heterocycles. The number of fused-ring (bicyclic) bond motifs is 1. The van der Waals surface area contributed by atoms with E-state index in [1.807, 2.05) is 37.3 Å². The lowest BCUT2D eigenvalue weighted by molar-refractivity contribution is 0.0930. The van der Waals surface area contributed by atoms with Gasteiger partial charge in [-0.05, 0) is 49.4 Å². The van der Waals surface area contributed by atoms with E-state index < -0.39 is 17.2 Å². The topological polar surface area (TPSA) is 93.3 Å². The van der Waals surface area contributed by atoms with Gasteiger partial charge in [0.1, 0.15) is 22.6 Å². The Balaban J connectivity index is 1.67. The van der Waals surface area contributed by atoms with E-state index >= 15 is 0 Å². The Hall–Kier alpha value is -3.87. The van der Waals surface area contributed by atoms with Crippen molar-refractivity contribution in [2.24, 2.45) is 0 Å². The van der Waals surface area contributed by atoms with Gasteiger partial charge in [0.05, 0.1) is 12.6 Å². The van der Waals surface area contributed by atoms with Crippen LogP contribution in [0.5, 0.6) is 0 Å². The average Bonchev–Trinajstić information content (AvgIpc) is 3.23. The van der Waals surface area contributed by atoms with Gasteiger partial charge in [-0.1, -0.05) is 30.3 Å². The summed E-state index contributed by atoms with van der Waals surface area (Å²) in [5.41, 5.74) is 1.50. The largest absolute Gasteiger partial charge is 0.464 e. The predicted molar refractivity (Wildman–Crippen MR) is 125 cm³/mol. The zero-order valence-corrected chi connectivity index (χ0v) is 18.6. The molecule has 0 aliphatic heterocycles. The number of amides is 2. The first-order chi connectivity index (χ1) is 16.0. The van der Waals surface area contributed by atoms with Crippen LogP contribution in [0.1, 0.15) is 62.2 Å². The molecule has 0 spiro atoms. The third kappa shape index (κ3) is 4.98. The van der Waals surface area contributed by atoms with Gasteiger partial charge in [-0.2, -0.15) is 0 Å². The zero-order valence-electron chi connectivity index (χ0n) is 18.6. The summed E-state index contributed by atoms with van der Waals surface area (Å²) >= 11 is 0. The maximum atomic E-state index is 13.2. The number of pyridine rings is 1. The molecule has 0 saturated carbocycles. The molecule has 1 aliphatic carbocycles. The van der Waals surface area contributed by atoms with E-state index in [-0.39, 0.29) is 30.3 Å². The summed E-state index contributed by atoms with van der Waals surface area (Å²) in [6, 6.07) is 11.5. The minimum absolute atomic E-state index is 0.0763. The molecule has 0 radical (unpaired) electrons. The molecule has 7 nitrogen and oxygen atoms in total. The summed E-state index contributed by atoms with van der Waals surface area (Å²) in [6.07, 6.45) is 7.17. The molecule has 0 bridgehead atoms. The van der Waals surface area contributed by atoms with Crippen LogP contribution in [0.2, 0.25) is 0 Å². The van der Waals surface area contributed by atoms with Gasteiger partial charge in [0.2, 0.25) is 5.43 Å². The van der Waals surface area contributed by atoms with Crippen LogP contribution < -0.4 is 16.1 Å². The average molecular weight is 446 g/mol. The van der Waals surface area contributed by atoms with Gasteiger partial charge >= 0.3 is 0 Å². The highest BCUT2D eigenvalue weighted by atomic mass is 16.3. The summed E-state index contributed by atoms with van der Waals surface area (Å²) in [6.45, 7) is 5.91. The van der Waals surface area contributed by atoms with Gasteiger partial charge in [0.15, 0.2) is 0 Å². The maximum Gasteiger partial charge on any atom is 0.257 e. The molecule has 7 heteroatoms. The minimum atomic E-state index is -0.606. The molecular weight excluding hydrogens is 418 g/mol. The van der Waals surface area contributed by atoms with Crippen molar-refractivity contribution in [2.45, 2.75) is 38.8 Å². The molecule has 1 aliphatic rings. The summed E-state index contributed by atoms with van der Waals surface area (Å²) in [4.78, 5) is 39.0. The van der Waals surface area contributed by atoms with Gasteiger partial charge in [-0.3, -0.25) is 14.4 Å². The standard InChI is InChI=1S/C26H27N3O4/c1-3-13-27-25(31)21-15-29(14-19-12-11-17(2)33-19)16-22(24(21)30)26(32)28-23-10-6-8-18-7-4-5-9-20(18)23/h3-5,7,9,11-12,15-16,23H,1,6,8,10,13-14H2,2H3,(H,27,31)(H,28,32)/t23-/m1/s1. The van der Waals surface area contributed by atoms with Crippen molar-refractivity contribution in [3.8, 4) is 0 Å². The second kappa shape index (κ2) is 9.73. The Labute approximate surface area is 192 Å². The van der Waals surface area contributed by atoms with E-state index in [1.54, 1.807) is 4.57 Å². The Morgan fingerprint density at radius 2 is 1.91 bits per heavy atom. The van der Waals surface area contributed by atoms with Crippen molar-refractivity contribution in [1.29, 1.82) is 0 Å². The van der Waals surface area contributed by atoms with Crippen LogP contribution in [0, 0.1) is 6.92 Å². The number of carbonyl (C=O) groups is 2. The number of nitrogens with zero attached hydrogens (tertiary/aromatic N) is 1. The third-order valence-corrected chi connectivity index (χ3v) is 5.78. The quantitative estimate of drug-likeness (QED) is 0.544. The summed E-state index contributed by atoms with van der Waals surface area (Å²) in [5, 5.41) is 5.63. The van der Waals surface area contributed by atoms with Gasteiger partial charge < -0.3 is 19.6 Å². The van der Waals surface area contributed by atoms with E-state index in [2.05, 4.69) is 23.3 Å². The molecule has 4 rings (SSSR count). The van der Waals surface area contributed by atoms with Crippen LogP contribution in [0.15, 0.2) is 70.7 Å². The van der Waals surface area contributed by atoms with Gasteiger partial charge in [-0.15, -0.1) is 6.58 Å². The fourth-order valence-electron chi connectivity index (χ4n) is 4.20. The molecule has 2 amide bonds. The van der Waals surface area contributed by atoms with Crippen LogP contribution in [0.25, 0.3) is 0 Å². The number of nitrogens with one attached hydrogen (secondary N) is 2. The van der Waals surface area contributed by atoms with Crippen LogP contribution >= 0.6 is 0 Å². The number of benzene rings is 1. The zero-order chi connectivity index (χ0) is 23.4. The van der Waals surface area contributed by atoms with Crippen molar-refractivity contribution in [2.75, 3.05) is 6.54 Å². The molecule has 3 aromatic rings. The summed E-state index contributed by atoms with van der Waals surface area (Å²) in [7, 11) is 0. The first kappa shape index (κ1) is 22.3. The van der Waals surface area contributed by atoms with Gasteiger partial charge in [0.25, 0.3) is 11.8 Å².